The maximum Gasteiger partial charge on any atom is 0.331 e. The number of ether oxygens (including phenoxy) is 2. The van der Waals surface area contributed by atoms with Gasteiger partial charge in [-0.15, -0.1) is 0 Å². The maximum absolute atomic E-state index is 12.0. The summed E-state index contributed by atoms with van der Waals surface area (Å²) in [6.07, 6.45) is 1.42. The van der Waals surface area contributed by atoms with Crippen molar-refractivity contribution in [3.05, 3.63) is 69.7 Å². The summed E-state index contributed by atoms with van der Waals surface area (Å²) >= 11 is 12.2. The second kappa shape index (κ2) is 8.04. The molecule has 23 heavy (non-hydrogen) atoms. The molecule has 0 amide bonds. The predicted octanol–water partition coefficient (Wildman–Crippen LogP) is 5.00. The van der Waals surface area contributed by atoms with Crippen LogP contribution >= 0.6 is 23.2 Å². The molecule has 0 atom stereocenters. The first-order valence-corrected chi connectivity index (χ1v) is 7.79. The van der Waals surface area contributed by atoms with Crippen molar-refractivity contribution in [2.24, 2.45) is 0 Å². The molecule has 5 heteroatoms. The van der Waals surface area contributed by atoms with Gasteiger partial charge in [-0.3, -0.25) is 0 Å². The summed E-state index contributed by atoms with van der Waals surface area (Å²) in [4.78, 5) is 12.0. The summed E-state index contributed by atoms with van der Waals surface area (Å²) in [5.41, 5.74) is 2.09. The van der Waals surface area contributed by atoms with Crippen LogP contribution in [0.15, 0.2) is 48.5 Å². The third kappa shape index (κ3) is 4.50. The molecule has 0 saturated carbocycles. The van der Waals surface area contributed by atoms with E-state index in [9.17, 15) is 4.79 Å². The molecule has 0 saturated heterocycles. The molecule has 0 spiro atoms. The summed E-state index contributed by atoms with van der Waals surface area (Å²) in [6, 6.07) is 12.5. The Morgan fingerprint density at radius 2 is 1.78 bits per heavy atom. The molecule has 0 aliphatic rings. The number of hydrogen-bond acceptors (Lipinski definition) is 3. The zero-order valence-electron chi connectivity index (χ0n) is 12.8. The third-order valence-electron chi connectivity index (χ3n) is 3.12. The van der Waals surface area contributed by atoms with Gasteiger partial charge in [0.15, 0.2) is 0 Å². The Morgan fingerprint density at radius 1 is 1.13 bits per heavy atom. The van der Waals surface area contributed by atoms with Crippen molar-refractivity contribution in [3.63, 3.8) is 0 Å². The molecule has 0 unspecified atom stereocenters. The van der Waals surface area contributed by atoms with Gasteiger partial charge in [0.2, 0.25) is 0 Å². The van der Waals surface area contributed by atoms with E-state index in [0.29, 0.717) is 33.5 Å². The van der Waals surface area contributed by atoms with Gasteiger partial charge < -0.3 is 9.47 Å². The summed E-state index contributed by atoms with van der Waals surface area (Å²) in [5, 5.41) is 0.967. The minimum absolute atomic E-state index is 0.296. The Morgan fingerprint density at radius 3 is 2.39 bits per heavy atom. The van der Waals surface area contributed by atoms with Gasteiger partial charge in [0.25, 0.3) is 0 Å². The largest absolute Gasteiger partial charge is 0.496 e. The Hall–Kier alpha value is -1.97. The fraction of sp³-hybridized carbons (Fsp3) is 0.167. The molecule has 0 heterocycles. The minimum Gasteiger partial charge on any atom is -0.496 e. The topological polar surface area (TPSA) is 35.5 Å². The lowest BCUT2D eigenvalue weighted by Gasteiger charge is -2.13. The molecule has 2 aromatic rings. The molecule has 0 radical (unpaired) electrons. The van der Waals surface area contributed by atoms with Crippen molar-refractivity contribution in [2.45, 2.75) is 6.92 Å². The van der Waals surface area contributed by atoms with Crippen LogP contribution in [0.5, 0.6) is 5.75 Å². The van der Waals surface area contributed by atoms with Crippen LogP contribution in [0.1, 0.15) is 18.1 Å². The van der Waals surface area contributed by atoms with E-state index >= 15 is 0 Å². The van der Waals surface area contributed by atoms with Crippen molar-refractivity contribution in [2.75, 3.05) is 13.7 Å². The average Bonchev–Trinajstić information content (AvgIpc) is 2.52. The molecule has 0 N–H and O–H groups in total. The number of methoxy groups -OCH3 is 1. The number of benzene rings is 2. The van der Waals surface area contributed by atoms with Crippen molar-refractivity contribution >= 4 is 34.7 Å². The number of esters is 1. The standard InChI is InChI=1S/C18H16Cl2O3/c1-3-23-18(21)11-16(12-8-13(19)10-14(20)9-12)15-6-4-5-7-17(15)22-2/h4-11H,3H2,1-2H3/b16-11+. The van der Waals surface area contributed by atoms with E-state index in [0.717, 1.165) is 5.56 Å². The maximum atomic E-state index is 12.0. The first-order chi connectivity index (χ1) is 11.0. The normalized spacial score (nSPS) is 11.2. The molecular formula is C18H16Cl2O3. The van der Waals surface area contributed by atoms with Gasteiger partial charge in [-0.05, 0) is 42.3 Å². The average molecular weight is 351 g/mol. The summed E-state index contributed by atoms with van der Waals surface area (Å²) in [5.74, 6) is 0.198. The third-order valence-corrected chi connectivity index (χ3v) is 3.56. The fourth-order valence-electron chi connectivity index (χ4n) is 2.19. The van der Waals surface area contributed by atoms with Gasteiger partial charge in [-0.25, -0.2) is 4.79 Å². The number of carbonyl (C=O) groups excluding carboxylic acids is 1. The van der Waals surface area contributed by atoms with Crippen molar-refractivity contribution in [1.29, 1.82) is 0 Å². The summed E-state index contributed by atoms with van der Waals surface area (Å²) in [7, 11) is 1.58. The lowest BCUT2D eigenvalue weighted by Crippen LogP contribution is -2.02. The molecule has 120 valence electrons. The van der Waals surface area contributed by atoms with E-state index in [4.69, 9.17) is 32.7 Å². The predicted molar refractivity (Wildman–Crippen MR) is 93.2 cm³/mol. The highest BCUT2D eigenvalue weighted by Gasteiger charge is 2.14. The molecular weight excluding hydrogens is 335 g/mol. The van der Waals surface area contributed by atoms with Gasteiger partial charge in [0.05, 0.1) is 13.7 Å². The number of halogens is 2. The zero-order valence-corrected chi connectivity index (χ0v) is 14.3. The van der Waals surface area contributed by atoms with Crippen LogP contribution < -0.4 is 4.74 Å². The van der Waals surface area contributed by atoms with Gasteiger partial charge in [-0.1, -0.05) is 41.4 Å². The molecule has 0 bridgehead atoms. The van der Waals surface area contributed by atoms with Crippen LogP contribution in [0.25, 0.3) is 5.57 Å². The first-order valence-electron chi connectivity index (χ1n) is 7.03. The van der Waals surface area contributed by atoms with E-state index in [1.807, 2.05) is 24.3 Å². The first kappa shape index (κ1) is 17.4. The summed E-state index contributed by atoms with van der Waals surface area (Å²) < 4.78 is 10.4. The van der Waals surface area contributed by atoms with Gasteiger partial charge in [0.1, 0.15) is 5.75 Å². The van der Waals surface area contributed by atoms with Crippen LogP contribution in [-0.4, -0.2) is 19.7 Å². The number of para-hydroxylation sites is 1. The second-order valence-electron chi connectivity index (χ2n) is 4.67. The quantitative estimate of drug-likeness (QED) is 0.562. The van der Waals surface area contributed by atoms with Gasteiger partial charge >= 0.3 is 5.97 Å². The van der Waals surface area contributed by atoms with Crippen LogP contribution in [0.3, 0.4) is 0 Å². The van der Waals surface area contributed by atoms with Crippen LogP contribution in [0.2, 0.25) is 10.0 Å². The van der Waals surface area contributed by atoms with Gasteiger partial charge in [-0.2, -0.15) is 0 Å². The minimum atomic E-state index is -0.440. The molecule has 3 nitrogen and oxygen atoms in total. The number of hydrogen-bond donors (Lipinski definition) is 0. The van der Waals surface area contributed by atoms with Crippen molar-refractivity contribution in [1.82, 2.24) is 0 Å². The molecule has 0 aromatic heterocycles. The van der Waals surface area contributed by atoms with Crippen LogP contribution in [0.4, 0.5) is 0 Å². The monoisotopic (exact) mass is 350 g/mol. The highest BCUT2D eigenvalue weighted by Crippen LogP contribution is 2.33. The molecule has 0 aliphatic heterocycles. The highest BCUT2D eigenvalue weighted by molar-refractivity contribution is 6.35. The van der Waals surface area contributed by atoms with E-state index in [-0.39, 0.29) is 0 Å². The Kier molecular flexibility index (Phi) is 6.08. The smallest absolute Gasteiger partial charge is 0.331 e. The van der Waals surface area contributed by atoms with Gasteiger partial charge in [0, 0.05) is 21.7 Å². The SMILES string of the molecule is CCOC(=O)/C=C(\c1cc(Cl)cc(Cl)c1)c1ccccc1OC. The number of rotatable bonds is 5. The molecule has 0 fully saturated rings. The van der Waals surface area contributed by atoms with E-state index in [2.05, 4.69) is 0 Å². The van der Waals surface area contributed by atoms with E-state index < -0.39 is 5.97 Å². The zero-order chi connectivity index (χ0) is 16.8. The lowest BCUT2D eigenvalue weighted by atomic mass is 9.96. The highest BCUT2D eigenvalue weighted by atomic mass is 35.5. The Labute approximate surface area is 145 Å². The van der Waals surface area contributed by atoms with Crippen molar-refractivity contribution in [3.8, 4) is 5.75 Å². The van der Waals surface area contributed by atoms with Crippen molar-refractivity contribution < 1.29 is 14.3 Å². The summed E-state index contributed by atoms with van der Waals surface area (Å²) in [6.45, 7) is 2.05. The second-order valence-corrected chi connectivity index (χ2v) is 5.54. The fourth-order valence-corrected chi connectivity index (χ4v) is 2.72. The van der Waals surface area contributed by atoms with E-state index in [1.165, 1.54) is 6.08 Å². The number of carbonyl (C=O) groups is 1. The van der Waals surface area contributed by atoms with Crippen LogP contribution in [0, 0.1) is 0 Å². The molecule has 2 rings (SSSR count). The Balaban J connectivity index is 2.63. The Bertz CT molecular complexity index is 719. The molecule has 0 aliphatic carbocycles. The molecule has 2 aromatic carbocycles. The van der Waals surface area contributed by atoms with Crippen LogP contribution in [-0.2, 0) is 9.53 Å². The van der Waals surface area contributed by atoms with E-state index in [1.54, 1.807) is 32.2 Å². The lowest BCUT2D eigenvalue weighted by molar-refractivity contribution is -0.137.